The molecule has 3 heteroatoms. The Morgan fingerprint density at radius 1 is 1.05 bits per heavy atom. The van der Waals surface area contributed by atoms with Crippen molar-refractivity contribution in [2.75, 3.05) is 0 Å². The zero-order valence-corrected chi connectivity index (χ0v) is 11.6. The van der Waals surface area contributed by atoms with Crippen LogP contribution in [-0.2, 0) is 11.4 Å². The minimum Gasteiger partial charge on any atom is -0.391 e. The van der Waals surface area contributed by atoms with Crippen LogP contribution in [0.15, 0.2) is 59.8 Å². The van der Waals surface area contributed by atoms with Crippen molar-refractivity contribution in [2.45, 2.75) is 26.4 Å². The third-order valence-electron chi connectivity index (χ3n) is 2.91. The Bertz CT molecular complexity index is 549. The Kier molecular flexibility index (Phi) is 5.30. The maximum Gasteiger partial charge on any atom is 0.142 e. The molecule has 0 fully saturated rings. The molecule has 2 aromatic carbocycles. The van der Waals surface area contributed by atoms with E-state index < -0.39 is 0 Å². The van der Waals surface area contributed by atoms with Gasteiger partial charge >= 0.3 is 0 Å². The molecule has 0 spiro atoms. The molecule has 0 N–H and O–H groups in total. The fourth-order valence-electron chi connectivity index (χ4n) is 1.88. The molecular formula is C17H18FNO. The highest BCUT2D eigenvalue weighted by Gasteiger charge is 2.04. The Labute approximate surface area is 118 Å². The third-order valence-corrected chi connectivity index (χ3v) is 2.91. The molecule has 0 heterocycles. The molecule has 0 radical (unpaired) electrons. The van der Waals surface area contributed by atoms with Crippen LogP contribution in [-0.4, -0.2) is 5.71 Å². The minimum atomic E-state index is -0.241. The van der Waals surface area contributed by atoms with Crippen LogP contribution in [0, 0.1) is 5.82 Å². The van der Waals surface area contributed by atoms with Crippen LogP contribution in [0.4, 0.5) is 4.39 Å². The van der Waals surface area contributed by atoms with Crippen molar-refractivity contribution in [1.82, 2.24) is 0 Å². The van der Waals surface area contributed by atoms with Crippen molar-refractivity contribution >= 4 is 5.71 Å². The minimum absolute atomic E-state index is 0.241. The molecule has 0 aliphatic rings. The number of oxime groups is 1. The second kappa shape index (κ2) is 7.43. The largest absolute Gasteiger partial charge is 0.391 e. The molecule has 0 aliphatic carbocycles. The molecule has 0 aliphatic heterocycles. The summed E-state index contributed by atoms with van der Waals surface area (Å²) in [5.41, 5.74) is 2.83. The molecule has 0 amide bonds. The number of hydrogen-bond donors (Lipinski definition) is 0. The highest BCUT2D eigenvalue weighted by Crippen LogP contribution is 2.10. The van der Waals surface area contributed by atoms with Crippen LogP contribution in [0.1, 0.15) is 30.9 Å². The number of benzene rings is 2. The van der Waals surface area contributed by atoms with Crippen LogP contribution in [0.2, 0.25) is 0 Å². The normalized spacial score (nSPS) is 11.4. The van der Waals surface area contributed by atoms with E-state index in [-0.39, 0.29) is 5.82 Å². The molecule has 2 aromatic rings. The van der Waals surface area contributed by atoms with Gasteiger partial charge in [-0.1, -0.05) is 61.0 Å². The average molecular weight is 271 g/mol. The maximum atomic E-state index is 12.9. The van der Waals surface area contributed by atoms with Gasteiger partial charge in [0.15, 0.2) is 0 Å². The van der Waals surface area contributed by atoms with Gasteiger partial charge in [-0.15, -0.1) is 0 Å². The number of halogens is 1. The summed E-state index contributed by atoms with van der Waals surface area (Å²) in [6.07, 6.45) is 1.77. The van der Waals surface area contributed by atoms with E-state index in [2.05, 4.69) is 12.1 Å². The molecule has 20 heavy (non-hydrogen) atoms. The van der Waals surface area contributed by atoms with E-state index in [9.17, 15) is 4.39 Å². The molecule has 0 saturated carbocycles. The fourth-order valence-corrected chi connectivity index (χ4v) is 1.88. The van der Waals surface area contributed by atoms with Gasteiger partial charge in [-0.05, 0) is 29.7 Å². The van der Waals surface area contributed by atoms with Crippen molar-refractivity contribution in [1.29, 1.82) is 0 Å². The third kappa shape index (κ3) is 4.19. The first-order valence-electron chi connectivity index (χ1n) is 6.78. The Morgan fingerprint density at radius 2 is 1.75 bits per heavy atom. The maximum absolute atomic E-state index is 12.9. The summed E-state index contributed by atoms with van der Waals surface area (Å²) in [7, 11) is 0. The predicted octanol–water partition coefficient (Wildman–Crippen LogP) is 4.55. The van der Waals surface area contributed by atoms with Gasteiger partial charge in [-0.25, -0.2) is 4.39 Å². The lowest BCUT2D eigenvalue weighted by molar-refractivity contribution is 0.130. The van der Waals surface area contributed by atoms with E-state index in [1.807, 2.05) is 30.3 Å². The molecule has 0 saturated heterocycles. The lowest BCUT2D eigenvalue weighted by Crippen LogP contribution is -2.02. The number of hydrogen-bond acceptors (Lipinski definition) is 2. The topological polar surface area (TPSA) is 21.6 Å². The summed E-state index contributed by atoms with van der Waals surface area (Å²) >= 11 is 0. The van der Waals surface area contributed by atoms with Crippen molar-refractivity contribution < 1.29 is 9.23 Å². The lowest BCUT2D eigenvalue weighted by Gasteiger charge is -2.06. The zero-order valence-electron chi connectivity index (χ0n) is 11.6. The van der Waals surface area contributed by atoms with Gasteiger partial charge in [0, 0.05) is 0 Å². The summed E-state index contributed by atoms with van der Waals surface area (Å²) in [6.45, 7) is 2.52. The zero-order chi connectivity index (χ0) is 14.2. The molecule has 2 rings (SSSR count). The van der Waals surface area contributed by atoms with E-state index >= 15 is 0 Å². The summed E-state index contributed by atoms with van der Waals surface area (Å²) < 4.78 is 12.9. The highest BCUT2D eigenvalue weighted by molar-refractivity contribution is 6.00. The first kappa shape index (κ1) is 14.3. The Hall–Kier alpha value is -2.16. The molecular weight excluding hydrogens is 253 g/mol. The van der Waals surface area contributed by atoms with E-state index in [0.717, 1.165) is 29.7 Å². The molecule has 0 aromatic heterocycles. The van der Waals surface area contributed by atoms with Crippen LogP contribution >= 0.6 is 0 Å². The number of rotatable bonds is 6. The average Bonchev–Trinajstić information content (AvgIpc) is 2.48. The van der Waals surface area contributed by atoms with Gasteiger partial charge in [0.2, 0.25) is 0 Å². The van der Waals surface area contributed by atoms with Gasteiger partial charge in [0.25, 0.3) is 0 Å². The van der Waals surface area contributed by atoms with Crippen molar-refractivity contribution in [3.63, 3.8) is 0 Å². The van der Waals surface area contributed by atoms with Crippen LogP contribution < -0.4 is 0 Å². The van der Waals surface area contributed by atoms with E-state index in [0.29, 0.717) is 6.61 Å². The fraction of sp³-hybridized carbons (Fsp3) is 0.235. The van der Waals surface area contributed by atoms with E-state index in [1.54, 1.807) is 12.1 Å². The van der Waals surface area contributed by atoms with Gasteiger partial charge in [-0.2, -0.15) is 0 Å². The van der Waals surface area contributed by atoms with Crippen LogP contribution in [0.5, 0.6) is 0 Å². The van der Waals surface area contributed by atoms with Crippen molar-refractivity contribution in [3.05, 3.63) is 71.5 Å². The summed E-state index contributed by atoms with van der Waals surface area (Å²) in [4.78, 5) is 5.41. The monoisotopic (exact) mass is 271 g/mol. The second-order valence-corrected chi connectivity index (χ2v) is 4.55. The van der Waals surface area contributed by atoms with E-state index in [1.165, 1.54) is 12.1 Å². The Morgan fingerprint density at radius 3 is 2.40 bits per heavy atom. The first-order chi connectivity index (χ1) is 9.79. The standard InChI is InChI=1S/C17H18FNO/c1-2-6-17(15-9-11-16(18)12-10-15)19-20-13-14-7-4-3-5-8-14/h3-5,7-12H,2,6,13H2,1H3. The van der Waals surface area contributed by atoms with Crippen LogP contribution in [0.25, 0.3) is 0 Å². The summed E-state index contributed by atoms with van der Waals surface area (Å²) in [5.74, 6) is -0.241. The van der Waals surface area contributed by atoms with E-state index in [4.69, 9.17) is 4.84 Å². The van der Waals surface area contributed by atoms with Gasteiger partial charge in [0.1, 0.15) is 12.4 Å². The van der Waals surface area contributed by atoms with Crippen molar-refractivity contribution in [2.24, 2.45) is 5.16 Å². The quantitative estimate of drug-likeness (QED) is 0.558. The van der Waals surface area contributed by atoms with Gasteiger partial charge in [-0.3, -0.25) is 0 Å². The SMILES string of the molecule is CCCC(=NOCc1ccccc1)c1ccc(F)cc1. The first-order valence-corrected chi connectivity index (χ1v) is 6.78. The highest BCUT2D eigenvalue weighted by atomic mass is 19.1. The molecule has 104 valence electrons. The smallest absolute Gasteiger partial charge is 0.142 e. The summed E-state index contributed by atoms with van der Waals surface area (Å²) in [6, 6.07) is 16.2. The molecule has 2 nitrogen and oxygen atoms in total. The number of nitrogens with zero attached hydrogens (tertiary/aromatic N) is 1. The molecule has 0 unspecified atom stereocenters. The van der Waals surface area contributed by atoms with Crippen molar-refractivity contribution in [3.8, 4) is 0 Å². The second-order valence-electron chi connectivity index (χ2n) is 4.55. The molecule has 0 bridgehead atoms. The van der Waals surface area contributed by atoms with Gasteiger partial charge in [0.05, 0.1) is 5.71 Å². The lowest BCUT2D eigenvalue weighted by atomic mass is 10.1. The van der Waals surface area contributed by atoms with Gasteiger partial charge < -0.3 is 4.84 Å². The Balaban J connectivity index is 2.04. The predicted molar refractivity (Wildman–Crippen MR) is 79.1 cm³/mol. The van der Waals surface area contributed by atoms with Crippen LogP contribution in [0.3, 0.4) is 0 Å². The molecule has 0 atom stereocenters. The summed E-state index contributed by atoms with van der Waals surface area (Å²) in [5, 5.41) is 4.20.